The molecule has 0 saturated carbocycles. The van der Waals surface area contributed by atoms with Gasteiger partial charge in [0.25, 0.3) is 0 Å². The fraction of sp³-hybridized carbons (Fsp3) is 0.571. The number of aryl methyl sites for hydroxylation is 1. The van der Waals surface area contributed by atoms with Gasteiger partial charge in [0.1, 0.15) is 0 Å². The largest absolute Gasteiger partial charge is 0.355 e. The van der Waals surface area contributed by atoms with Crippen LogP contribution in [0, 0.1) is 0 Å². The quantitative estimate of drug-likeness (QED) is 0.367. The number of aliphatic imine (C=N–C) groups is 1. The van der Waals surface area contributed by atoms with Gasteiger partial charge in [0, 0.05) is 44.1 Å². The average Bonchev–Trinajstić information content (AvgIpc) is 2.75. The van der Waals surface area contributed by atoms with Gasteiger partial charge in [0.2, 0.25) is 5.91 Å². The molecule has 6 nitrogen and oxygen atoms in total. The Morgan fingerprint density at radius 3 is 2.64 bits per heavy atom. The van der Waals surface area contributed by atoms with E-state index in [1.165, 1.54) is 0 Å². The SMILES string of the molecule is CCCNC(=O)CNC(=NC)N(C)Cc1cc(Br)cn1C.I. The van der Waals surface area contributed by atoms with Crippen LogP contribution in [0.3, 0.4) is 0 Å². The van der Waals surface area contributed by atoms with Gasteiger partial charge in [-0.3, -0.25) is 9.79 Å². The molecule has 0 radical (unpaired) electrons. The fourth-order valence-corrected chi connectivity index (χ4v) is 2.48. The average molecular weight is 486 g/mol. The third-order valence-electron chi connectivity index (χ3n) is 3.03. The maximum Gasteiger partial charge on any atom is 0.239 e. The number of amides is 1. The van der Waals surface area contributed by atoms with Crippen LogP contribution in [0.15, 0.2) is 21.7 Å². The van der Waals surface area contributed by atoms with Crippen LogP contribution in [0.2, 0.25) is 0 Å². The maximum atomic E-state index is 11.6. The van der Waals surface area contributed by atoms with Gasteiger partial charge in [-0.15, -0.1) is 24.0 Å². The first kappa shape index (κ1) is 21.2. The molecule has 0 atom stereocenters. The van der Waals surface area contributed by atoms with Crippen molar-refractivity contribution in [1.29, 1.82) is 0 Å². The van der Waals surface area contributed by atoms with Gasteiger partial charge in [-0.05, 0) is 28.4 Å². The monoisotopic (exact) mass is 485 g/mol. The fourth-order valence-electron chi connectivity index (χ4n) is 1.91. The summed E-state index contributed by atoms with van der Waals surface area (Å²) in [5.74, 6) is 0.673. The Morgan fingerprint density at radius 2 is 2.14 bits per heavy atom. The first-order valence-electron chi connectivity index (χ1n) is 6.97. The summed E-state index contributed by atoms with van der Waals surface area (Å²) in [6, 6.07) is 2.07. The van der Waals surface area contributed by atoms with E-state index in [-0.39, 0.29) is 36.4 Å². The standard InChI is InChI=1S/C14H24BrN5O.HI/c1-5-6-17-13(21)8-18-14(16-2)20(4)10-12-7-11(15)9-19(12)3;/h7,9H,5-6,8,10H2,1-4H3,(H,16,18)(H,17,21);1H. The van der Waals surface area contributed by atoms with Crippen LogP contribution < -0.4 is 10.6 Å². The van der Waals surface area contributed by atoms with Crippen LogP contribution in [0.5, 0.6) is 0 Å². The van der Waals surface area contributed by atoms with Crippen LogP contribution in [0.4, 0.5) is 0 Å². The number of carbonyl (C=O) groups excluding carboxylic acids is 1. The Balaban J connectivity index is 0.00000441. The molecule has 0 saturated heterocycles. The molecule has 1 heterocycles. The summed E-state index contributed by atoms with van der Waals surface area (Å²) in [5.41, 5.74) is 1.16. The van der Waals surface area contributed by atoms with E-state index in [4.69, 9.17) is 0 Å². The molecule has 0 fully saturated rings. The zero-order chi connectivity index (χ0) is 15.8. The molecule has 0 aliphatic rings. The Kier molecular flexibility index (Phi) is 10.5. The number of rotatable bonds is 6. The zero-order valence-electron chi connectivity index (χ0n) is 13.5. The molecule has 1 rings (SSSR count). The van der Waals surface area contributed by atoms with Gasteiger partial charge in [-0.2, -0.15) is 0 Å². The topological polar surface area (TPSA) is 61.7 Å². The molecule has 22 heavy (non-hydrogen) atoms. The van der Waals surface area contributed by atoms with Crippen molar-refractivity contribution in [2.45, 2.75) is 19.9 Å². The van der Waals surface area contributed by atoms with Crippen molar-refractivity contribution in [3.05, 3.63) is 22.4 Å². The Labute approximate surface area is 157 Å². The van der Waals surface area contributed by atoms with Crippen molar-refractivity contribution in [2.75, 3.05) is 27.2 Å². The third-order valence-corrected chi connectivity index (χ3v) is 3.46. The Bertz CT molecular complexity index is 503. The number of nitrogens with zero attached hydrogens (tertiary/aromatic N) is 3. The number of hydrogen-bond donors (Lipinski definition) is 2. The van der Waals surface area contributed by atoms with E-state index in [0.717, 1.165) is 16.6 Å². The molecule has 1 aromatic rings. The summed E-state index contributed by atoms with van der Waals surface area (Å²) in [6.45, 7) is 3.66. The van der Waals surface area contributed by atoms with Crippen molar-refractivity contribution in [3.63, 3.8) is 0 Å². The maximum absolute atomic E-state index is 11.6. The Morgan fingerprint density at radius 1 is 1.45 bits per heavy atom. The van der Waals surface area contributed by atoms with Crippen molar-refractivity contribution in [3.8, 4) is 0 Å². The van der Waals surface area contributed by atoms with Gasteiger partial charge in [-0.25, -0.2) is 0 Å². The van der Waals surface area contributed by atoms with Crippen molar-refractivity contribution in [1.82, 2.24) is 20.1 Å². The molecule has 0 unspecified atom stereocenters. The second kappa shape index (κ2) is 10.9. The number of halogens is 2. The van der Waals surface area contributed by atoms with Gasteiger partial charge < -0.3 is 20.1 Å². The highest BCUT2D eigenvalue weighted by Crippen LogP contribution is 2.14. The van der Waals surface area contributed by atoms with Crippen molar-refractivity contribution >= 4 is 51.8 Å². The molecule has 0 aliphatic heterocycles. The lowest BCUT2D eigenvalue weighted by Gasteiger charge is -2.22. The van der Waals surface area contributed by atoms with Crippen molar-refractivity contribution < 1.29 is 4.79 Å². The van der Waals surface area contributed by atoms with Crippen LogP contribution >= 0.6 is 39.9 Å². The van der Waals surface area contributed by atoms with E-state index in [0.29, 0.717) is 19.0 Å². The summed E-state index contributed by atoms with van der Waals surface area (Å²) >= 11 is 3.46. The molecular formula is C14H25BrIN5O. The molecule has 126 valence electrons. The molecule has 1 aromatic heterocycles. The normalized spacial score (nSPS) is 10.9. The molecule has 0 bridgehead atoms. The van der Waals surface area contributed by atoms with E-state index < -0.39 is 0 Å². The predicted octanol–water partition coefficient (Wildman–Crippen LogP) is 1.94. The van der Waals surface area contributed by atoms with Gasteiger partial charge in [0.15, 0.2) is 5.96 Å². The predicted molar refractivity (Wildman–Crippen MR) is 105 cm³/mol. The number of nitrogens with one attached hydrogen (secondary N) is 2. The van der Waals surface area contributed by atoms with Crippen LogP contribution in [0.1, 0.15) is 19.0 Å². The lowest BCUT2D eigenvalue weighted by molar-refractivity contribution is -0.120. The highest BCUT2D eigenvalue weighted by atomic mass is 127. The minimum Gasteiger partial charge on any atom is -0.355 e. The molecule has 0 aromatic carbocycles. The van der Waals surface area contributed by atoms with Crippen molar-refractivity contribution in [2.24, 2.45) is 12.0 Å². The van der Waals surface area contributed by atoms with E-state index in [1.54, 1.807) is 7.05 Å². The van der Waals surface area contributed by atoms with E-state index in [1.807, 2.05) is 32.1 Å². The first-order chi connectivity index (χ1) is 9.97. The molecule has 1 amide bonds. The highest BCUT2D eigenvalue weighted by Gasteiger charge is 2.10. The lowest BCUT2D eigenvalue weighted by atomic mass is 10.4. The molecule has 8 heteroatoms. The summed E-state index contributed by atoms with van der Waals surface area (Å²) in [4.78, 5) is 17.8. The minimum absolute atomic E-state index is 0. The number of hydrogen-bond acceptors (Lipinski definition) is 2. The van der Waals surface area contributed by atoms with Gasteiger partial charge in [-0.1, -0.05) is 6.92 Å². The summed E-state index contributed by atoms with van der Waals surface area (Å²) in [7, 11) is 5.66. The molecule has 0 aliphatic carbocycles. The summed E-state index contributed by atoms with van der Waals surface area (Å²) in [5, 5.41) is 5.89. The number of guanidine groups is 1. The van der Waals surface area contributed by atoms with Crippen LogP contribution in [-0.2, 0) is 18.4 Å². The second-order valence-corrected chi connectivity index (χ2v) is 5.78. The first-order valence-corrected chi connectivity index (χ1v) is 7.76. The van der Waals surface area contributed by atoms with Gasteiger partial charge in [0.05, 0.1) is 13.1 Å². The smallest absolute Gasteiger partial charge is 0.239 e. The van der Waals surface area contributed by atoms with E-state index >= 15 is 0 Å². The number of aromatic nitrogens is 1. The lowest BCUT2D eigenvalue weighted by Crippen LogP contribution is -2.44. The minimum atomic E-state index is -0.0204. The third kappa shape index (κ3) is 6.99. The summed E-state index contributed by atoms with van der Waals surface area (Å²) in [6.07, 6.45) is 2.94. The van der Waals surface area contributed by atoms with E-state index in [2.05, 4.69) is 42.2 Å². The second-order valence-electron chi connectivity index (χ2n) is 4.87. The summed E-state index contributed by atoms with van der Waals surface area (Å²) < 4.78 is 3.11. The molecular weight excluding hydrogens is 461 g/mol. The van der Waals surface area contributed by atoms with Crippen LogP contribution in [0.25, 0.3) is 0 Å². The zero-order valence-corrected chi connectivity index (χ0v) is 17.4. The molecule has 2 N–H and O–H groups in total. The molecule has 0 spiro atoms. The number of carbonyl (C=O) groups is 1. The Hall–Kier alpha value is -0.770. The van der Waals surface area contributed by atoms with E-state index in [9.17, 15) is 4.79 Å². The van der Waals surface area contributed by atoms with Gasteiger partial charge >= 0.3 is 0 Å². The highest BCUT2D eigenvalue weighted by molar-refractivity contribution is 14.0. The van der Waals surface area contributed by atoms with Crippen LogP contribution in [-0.4, -0.2) is 48.5 Å².